The monoisotopic (exact) mass is 316 g/mol. The fourth-order valence-corrected chi connectivity index (χ4v) is 2.29. The molecule has 1 amide bonds. The Bertz CT molecular complexity index is 695. The Morgan fingerprint density at radius 2 is 1.91 bits per heavy atom. The van der Waals surface area contributed by atoms with Gasteiger partial charge in [-0.1, -0.05) is 23.4 Å². The number of para-hydroxylation sites is 1. The van der Waals surface area contributed by atoms with Gasteiger partial charge in [-0.15, -0.1) is 5.10 Å². The Kier molecular flexibility index (Phi) is 5.10. The second kappa shape index (κ2) is 7.04. The van der Waals surface area contributed by atoms with Gasteiger partial charge in [-0.2, -0.15) is 0 Å². The van der Waals surface area contributed by atoms with Gasteiger partial charge in [-0.3, -0.25) is 9.59 Å². The van der Waals surface area contributed by atoms with Crippen molar-refractivity contribution in [1.29, 1.82) is 0 Å². The third-order valence-corrected chi connectivity index (χ3v) is 3.56. The van der Waals surface area contributed by atoms with E-state index < -0.39 is 5.97 Å². The van der Waals surface area contributed by atoms with Crippen LogP contribution in [0.1, 0.15) is 25.2 Å². The van der Waals surface area contributed by atoms with Crippen LogP contribution in [-0.2, 0) is 16.0 Å². The van der Waals surface area contributed by atoms with E-state index in [1.165, 1.54) is 4.90 Å². The van der Waals surface area contributed by atoms with Crippen molar-refractivity contribution in [2.75, 3.05) is 6.54 Å². The number of amides is 1. The van der Waals surface area contributed by atoms with Crippen LogP contribution in [0.15, 0.2) is 30.3 Å². The summed E-state index contributed by atoms with van der Waals surface area (Å²) in [7, 11) is 0. The SMILES string of the molecule is Cc1c(CC(=O)N(CC(=O)O)C(C)C)nnn1-c1ccccc1. The number of carbonyl (C=O) groups is 2. The quantitative estimate of drug-likeness (QED) is 0.871. The Balaban J connectivity index is 2.19. The zero-order valence-electron chi connectivity index (χ0n) is 13.4. The molecule has 0 bridgehead atoms. The smallest absolute Gasteiger partial charge is 0.323 e. The molecule has 0 aliphatic carbocycles. The molecule has 2 aromatic rings. The Morgan fingerprint density at radius 3 is 2.48 bits per heavy atom. The minimum absolute atomic E-state index is 0.0319. The predicted molar refractivity (Wildman–Crippen MR) is 84.3 cm³/mol. The lowest BCUT2D eigenvalue weighted by molar-refractivity contribution is -0.145. The third-order valence-electron chi connectivity index (χ3n) is 3.56. The summed E-state index contributed by atoms with van der Waals surface area (Å²) in [6.45, 7) is 5.10. The van der Waals surface area contributed by atoms with Crippen LogP contribution in [-0.4, -0.2) is 49.5 Å². The average Bonchev–Trinajstić information content (AvgIpc) is 2.86. The summed E-state index contributed by atoms with van der Waals surface area (Å²) in [5.74, 6) is -1.30. The van der Waals surface area contributed by atoms with Crippen LogP contribution in [0, 0.1) is 6.92 Å². The summed E-state index contributed by atoms with van der Waals surface area (Å²) in [4.78, 5) is 24.6. The van der Waals surface area contributed by atoms with Gasteiger partial charge in [-0.05, 0) is 32.9 Å². The van der Waals surface area contributed by atoms with Gasteiger partial charge in [-0.25, -0.2) is 4.68 Å². The first-order valence-electron chi connectivity index (χ1n) is 7.38. The van der Waals surface area contributed by atoms with Gasteiger partial charge in [0.2, 0.25) is 5.91 Å². The van der Waals surface area contributed by atoms with Crippen molar-refractivity contribution in [3.05, 3.63) is 41.7 Å². The number of aromatic nitrogens is 3. The van der Waals surface area contributed by atoms with Crippen molar-refractivity contribution in [2.45, 2.75) is 33.2 Å². The maximum Gasteiger partial charge on any atom is 0.323 e. The van der Waals surface area contributed by atoms with Crippen molar-refractivity contribution in [3.63, 3.8) is 0 Å². The van der Waals surface area contributed by atoms with E-state index in [0.717, 1.165) is 11.4 Å². The number of nitrogens with zero attached hydrogens (tertiary/aromatic N) is 4. The maximum absolute atomic E-state index is 12.4. The van der Waals surface area contributed by atoms with Crippen LogP contribution >= 0.6 is 0 Å². The molecule has 1 aromatic heterocycles. The van der Waals surface area contributed by atoms with E-state index in [1.54, 1.807) is 18.5 Å². The molecule has 2 rings (SSSR count). The number of aliphatic carboxylic acids is 1. The number of hydrogen-bond acceptors (Lipinski definition) is 4. The molecule has 0 saturated carbocycles. The summed E-state index contributed by atoms with van der Waals surface area (Å²) < 4.78 is 1.67. The summed E-state index contributed by atoms with van der Waals surface area (Å²) in [6.07, 6.45) is 0.0319. The van der Waals surface area contributed by atoms with Crippen molar-refractivity contribution in [1.82, 2.24) is 19.9 Å². The summed E-state index contributed by atoms with van der Waals surface area (Å²) in [5, 5.41) is 17.1. The molecular weight excluding hydrogens is 296 g/mol. The number of carboxylic acid groups (broad SMARTS) is 1. The highest BCUT2D eigenvalue weighted by atomic mass is 16.4. The molecule has 0 saturated heterocycles. The summed E-state index contributed by atoms with van der Waals surface area (Å²) in [5.41, 5.74) is 2.18. The maximum atomic E-state index is 12.4. The van der Waals surface area contributed by atoms with Crippen molar-refractivity contribution in [2.24, 2.45) is 0 Å². The van der Waals surface area contributed by atoms with Gasteiger partial charge in [0.25, 0.3) is 0 Å². The van der Waals surface area contributed by atoms with Crippen molar-refractivity contribution < 1.29 is 14.7 Å². The van der Waals surface area contributed by atoms with E-state index in [-0.39, 0.29) is 24.9 Å². The van der Waals surface area contributed by atoms with E-state index in [9.17, 15) is 9.59 Å². The fraction of sp³-hybridized carbons (Fsp3) is 0.375. The highest BCUT2D eigenvalue weighted by Crippen LogP contribution is 2.13. The van der Waals surface area contributed by atoms with Crippen LogP contribution in [0.4, 0.5) is 0 Å². The zero-order valence-corrected chi connectivity index (χ0v) is 13.4. The average molecular weight is 316 g/mol. The van der Waals surface area contributed by atoms with Gasteiger partial charge >= 0.3 is 5.97 Å². The van der Waals surface area contributed by atoms with Gasteiger partial charge in [0.15, 0.2) is 0 Å². The van der Waals surface area contributed by atoms with Crippen LogP contribution in [0.2, 0.25) is 0 Å². The van der Waals surface area contributed by atoms with Crippen molar-refractivity contribution >= 4 is 11.9 Å². The summed E-state index contributed by atoms with van der Waals surface area (Å²) >= 11 is 0. The van der Waals surface area contributed by atoms with Crippen LogP contribution in [0.5, 0.6) is 0 Å². The number of hydrogen-bond donors (Lipinski definition) is 1. The van der Waals surface area contributed by atoms with E-state index in [4.69, 9.17) is 5.11 Å². The Labute approximate surface area is 134 Å². The molecule has 1 N–H and O–H groups in total. The van der Waals surface area contributed by atoms with Gasteiger partial charge in [0, 0.05) is 6.04 Å². The molecule has 0 aliphatic rings. The van der Waals surface area contributed by atoms with E-state index in [2.05, 4.69) is 10.3 Å². The van der Waals surface area contributed by atoms with Crippen LogP contribution in [0.25, 0.3) is 5.69 Å². The normalized spacial score (nSPS) is 10.8. The third kappa shape index (κ3) is 3.94. The molecule has 1 heterocycles. The molecule has 0 aliphatic heterocycles. The largest absolute Gasteiger partial charge is 0.480 e. The first kappa shape index (κ1) is 16.7. The van der Waals surface area contributed by atoms with Gasteiger partial charge in [0.05, 0.1) is 23.5 Å². The molecule has 0 unspecified atom stereocenters. The van der Waals surface area contributed by atoms with E-state index in [1.807, 2.05) is 37.3 Å². The molecule has 23 heavy (non-hydrogen) atoms. The molecule has 7 nitrogen and oxygen atoms in total. The molecule has 0 radical (unpaired) electrons. The molecule has 0 fully saturated rings. The number of rotatable bonds is 6. The second-order valence-electron chi connectivity index (χ2n) is 5.55. The standard InChI is InChI=1S/C16H20N4O3/c1-11(2)19(10-16(22)23)15(21)9-14-12(3)20(18-17-14)13-7-5-4-6-8-13/h4-8,11H,9-10H2,1-3H3,(H,22,23). The molecular formula is C16H20N4O3. The molecule has 0 spiro atoms. The Hall–Kier alpha value is -2.70. The first-order chi connectivity index (χ1) is 10.9. The lowest BCUT2D eigenvalue weighted by atomic mass is 10.2. The Morgan fingerprint density at radius 1 is 1.26 bits per heavy atom. The van der Waals surface area contributed by atoms with E-state index >= 15 is 0 Å². The van der Waals surface area contributed by atoms with Crippen LogP contribution < -0.4 is 0 Å². The highest BCUT2D eigenvalue weighted by molar-refractivity contribution is 5.83. The lowest BCUT2D eigenvalue weighted by Gasteiger charge is -2.24. The van der Waals surface area contributed by atoms with Crippen LogP contribution in [0.3, 0.4) is 0 Å². The second-order valence-corrected chi connectivity index (χ2v) is 5.55. The molecule has 7 heteroatoms. The number of carboxylic acids is 1. The predicted octanol–water partition coefficient (Wildman–Crippen LogP) is 1.44. The minimum atomic E-state index is -1.03. The zero-order chi connectivity index (χ0) is 17.0. The number of carbonyl (C=O) groups excluding carboxylic acids is 1. The van der Waals surface area contributed by atoms with Gasteiger partial charge in [0.1, 0.15) is 6.54 Å². The fourth-order valence-electron chi connectivity index (χ4n) is 2.29. The van der Waals surface area contributed by atoms with Crippen molar-refractivity contribution in [3.8, 4) is 5.69 Å². The molecule has 122 valence electrons. The topological polar surface area (TPSA) is 88.3 Å². The summed E-state index contributed by atoms with van der Waals surface area (Å²) in [6, 6.07) is 9.31. The lowest BCUT2D eigenvalue weighted by Crippen LogP contribution is -2.41. The van der Waals surface area contributed by atoms with Gasteiger partial charge < -0.3 is 10.0 Å². The first-order valence-corrected chi connectivity index (χ1v) is 7.38. The molecule has 1 aromatic carbocycles. The van der Waals surface area contributed by atoms with E-state index in [0.29, 0.717) is 5.69 Å². The number of benzene rings is 1. The highest BCUT2D eigenvalue weighted by Gasteiger charge is 2.22. The molecule has 0 atom stereocenters. The minimum Gasteiger partial charge on any atom is -0.480 e.